The molecule has 6 heteroatoms. The van der Waals surface area contributed by atoms with Crippen molar-refractivity contribution in [2.24, 2.45) is 11.5 Å². The van der Waals surface area contributed by atoms with Crippen molar-refractivity contribution >= 4 is 0 Å². The minimum Gasteiger partial charge on any atom is -0.390 e. The summed E-state index contributed by atoms with van der Waals surface area (Å²) in [7, 11) is 0. The zero-order valence-corrected chi connectivity index (χ0v) is 31.2. The molecular weight excluding hydrogens is 580 g/mol. The molecular formula is C41H80N4O2. The summed E-state index contributed by atoms with van der Waals surface area (Å²) in [5, 5.41) is 20.6. The fourth-order valence-corrected chi connectivity index (χ4v) is 5.73. The summed E-state index contributed by atoms with van der Waals surface area (Å²) in [4.78, 5) is 4.72. The molecule has 0 heterocycles. The third-order valence-electron chi connectivity index (χ3n) is 8.81. The van der Waals surface area contributed by atoms with E-state index in [0.29, 0.717) is 19.6 Å². The normalized spacial score (nSPS) is 14.0. The summed E-state index contributed by atoms with van der Waals surface area (Å²) in [6, 6.07) is 0. The van der Waals surface area contributed by atoms with Crippen molar-refractivity contribution < 1.29 is 10.2 Å². The number of nitrogens with zero attached hydrogens (tertiary/aromatic N) is 2. The summed E-state index contributed by atoms with van der Waals surface area (Å²) < 4.78 is 0. The van der Waals surface area contributed by atoms with Gasteiger partial charge in [-0.3, -0.25) is 9.80 Å². The Morgan fingerprint density at radius 2 is 0.745 bits per heavy atom. The fourth-order valence-electron chi connectivity index (χ4n) is 5.73. The zero-order chi connectivity index (χ0) is 34.5. The minimum absolute atomic E-state index is 0.288. The molecule has 0 aliphatic carbocycles. The van der Waals surface area contributed by atoms with Gasteiger partial charge in [-0.2, -0.15) is 0 Å². The number of hydrogen-bond acceptors (Lipinski definition) is 6. The van der Waals surface area contributed by atoms with E-state index in [9.17, 15) is 10.2 Å². The molecule has 0 aliphatic rings. The van der Waals surface area contributed by atoms with Gasteiger partial charge in [-0.1, -0.05) is 120 Å². The van der Waals surface area contributed by atoms with Crippen LogP contribution in [0.4, 0.5) is 0 Å². The zero-order valence-electron chi connectivity index (χ0n) is 31.2. The Kier molecular flexibility index (Phi) is 36.5. The van der Waals surface area contributed by atoms with Gasteiger partial charge in [0.2, 0.25) is 0 Å². The molecule has 0 spiro atoms. The van der Waals surface area contributed by atoms with E-state index in [2.05, 4.69) is 72.3 Å². The largest absolute Gasteiger partial charge is 0.390 e. The second-order valence-electron chi connectivity index (χ2n) is 13.5. The molecule has 276 valence electrons. The SMILES string of the molecule is CCCCC/C=C\C/C=C/CCCCCCCCN(CCN(CCCCC/C=C/C/C=C\CCCCC)CC(O)CN)CC(O)CN. The third-order valence-corrected chi connectivity index (χ3v) is 8.81. The second kappa shape index (κ2) is 37.5. The van der Waals surface area contributed by atoms with E-state index in [-0.39, 0.29) is 6.54 Å². The lowest BCUT2D eigenvalue weighted by molar-refractivity contribution is 0.0883. The quantitative estimate of drug-likeness (QED) is 0.0397. The molecule has 6 nitrogen and oxygen atoms in total. The number of aliphatic hydroxyl groups is 2. The Balaban J connectivity index is 4.27. The van der Waals surface area contributed by atoms with Crippen LogP contribution in [0.1, 0.15) is 149 Å². The number of aliphatic hydroxyl groups excluding tert-OH is 2. The van der Waals surface area contributed by atoms with Crippen LogP contribution >= 0.6 is 0 Å². The first-order valence-corrected chi connectivity index (χ1v) is 19.9. The Bertz CT molecular complexity index is 739. The van der Waals surface area contributed by atoms with E-state index in [0.717, 1.165) is 58.3 Å². The van der Waals surface area contributed by atoms with Crippen molar-refractivity contribution in [2.45, 2.75) is 161 Å². The van der Waals surface area contributed by atoms with Gasteiger partial charge in [0.15, 0.2) is 0 Å². The maximum atomic E-state index is 10.3. The smallest absolute Gasteiger partial charge is 0.0789 e. The minimum atomic E-state index is -0.497. The van der Waals surface area contributed by atoms with Crippen LogP contribution in [0.15, 0.2) is 48.6 Å². The lowest BCUT2D eigenvalue weighted by Gasteiger charge is -2.30. The molecule has 0 aromatic carbocycles. The molecule has 0 fully saturated rings. The molecule has 0 amide bonds. The Labute approximate surface area is 292 Å². The molecule has 0 radical (unpaired) electrons. The molecule has 0 bridgehead atoms. The lowest BCUT2D eigenvalue weighted by Crippen LogP contribution is -2.44. The highest BCUT2D eigenvalue weighted by Gasteiger charge is 2.15. The predicted molar refractivity (Wildman–Crippen MR) is 208 cm³/mol. The van der Waals surface area contributed by atoms with Crippen molar-refractivity contribution in [1.82, 2.24) is 9.80 Å². The number of rotatable bonds is 36. The summed E-state index contributed by atoms with van der Waals surface area (Å²) in [5.41, 5.74) is 11.5. The van der Waals surface area contributed by atoms with Gasteiger partial charge in [-0.05, 0) is 90.1 Å². The van der Waals surface area contributed by atoms with Gasteiger partial charge < -0.3 is 21.7 Å². The molecule has 0 saturated carbocycles. The molecule has 0 aromatic rings. The van der Waals surface area contributed by atoms with Gasteiger partial charge in [0, 0.05) is 39.3 Å². The molecule has 0 saturated heterocycles. The standard InChI is InChI=1S/C41H80N4O2/c1-3-5-7-9-11-13-15-17-18-19-21-23-25-27-29-31-33-45(39-41(47)37-43)35-34-44(38-40(46)36-42)32-30-28-26-24-22-20-16-14-12-10-8-6-4-2/h11-14,17-18,20,22,40-41,46-47H,3-10,15-16,19,21,23-39,42-43H2,1-2H3/b13-11-,14-12-,18-17+,22-20+. The number of hydrogen-bond donors (Lipinski definition) is 4. The van der Waals surface area contributed by atoms with E-state index >= 15 is 0 Å². The summed E-state index contributed by atoms with van der Waals surface area (Å²) in [5.74, 6) is 0. The van der Waals surface area contributed by atoms with Crippen molar-refractivity contribution in [3.05, 3.63) is 48.6 Å². The van der Waals surface area contributed by atoms with E-state index in [1.54, 1.807) is 0 Å². The monoisotopic (exact) mass is 661 g/mol. The van der Waals surface area contributed by atoms with Crippen molar-refractivity contribution in [2.75, 3.05) is 52.4 Å². The van der Waals surface area contributed by atoms with Crippen LogP contribution in [0.5, 0.6) is 0 Å². The van der Waals surface area contributed by atoms with Crippen LogP contribution in [0, 0.1) is 0 Å². The lowest BCUT2D eigenvalue weighted by atomic mass is 10.1. The van der Waals surface area contributed by atoms with Gasteiger partial charge in [0.05, 0.1) is 12.2 Å². The first kappa shape index (κ1) is 45.7. The first-order valence-electron chi connectivity index (χ1n) is 19.9. The summed E-state index contributed by atoms with van der Waals surface area (Å²) >= 11 is 0. The molecule has 2 atom stereocenters. The van der Waals surface area contributed by atoms with Crippen molar-refractivity contribution in [3.63, 3.8) is 0 Å². The van der Waals surface area contributed by atoms with Crippen LogP contribution in [-0.2, 0) is 0 Å². The summed E-state index contributed by atoms with van der Waals surface area (Å²) in [6.07, 6.45) is 43.3. The maximum Gasteiger partial charge on any atom is 0.0789 e. The van der Waals surface area contributed by atoms with Crippen molar-refractivity contribution in [1.29, 1.82) is 0 Å². The Morgan fingerprint density at radius 1 is 0.426 bits per heavy atom. The van der Waals surface area contributed by atoms with E-state index in [1.165, 1.54) is 103 Å². The van der Waals surface area contributed by atoms with Gasteiger partial charge in [0.1, 0.15) is 0 Å². The highest BCUT2D eigenvalue weighted by atomic mass is 16.3. The molecule has 0 aliphatic heterocycles. The van der Waals surface area contributed by atoms with E-state index < -0.39 is 12.2 Å². The van der Waals surface area contributed by atoms with Crippen LogP contribution in [0.3, 0.4) is 0 Å². The van der Waals surface area contributed by atoms with Gasteiger partial charge in [-0.15, -0.1) is 0 Å². The van der Waals surface area contributed by atoms with Crippen molar-refractivity contribution in [3.8, 4) is 0 Å². The molecule has 0 rings (SSSR count). The van der Waals surface area contributed by atoms with Crippen LogP contribution < -0.4 is 11.5 Å². The predicted octanol–water partition coefficient (Wildman–Crippen LogP) is 8.69. The molecule has 0 aromatic heterocycles. The fraction of sp³-hybridized carbons (Fsp3) is 0.805. The van der Waals surface area contributed by atoms with Crippen LogP contribution in [0.2, 0.25) is 0 Å². The van der Waals surface area contributed by atoms with E-state index in [1.807, 2.05) is 0 Å². The Hall–Kier alpha value is -1.28. The van der Waals surface area contributed by atoms with Gasteiger partial charge in [0.25, 0.3) is 0 Å². The van der Waals surface area contributed by atoms with Gasteiger partial charge >= 0.3 is 0 Å². The molecule has 47 heavy (non-hydrogen) atoms. The van der Waals surface area contributed by atoms with E-state index in [4.69, 9.17) is 11.5 Å². The van der Waals surface area contributed by atoms with Crippen LogP contribution in [-0.4, -0.2) is 84.6 Å². The maximum absolute atomic E-state index is 10.3. The average Bonchev–Trinajstić information content (AvgIpc) is 3.08. The average molecular weight is 661 g/mol. The molecule has 2 unspecified atom stereocenters. The number of nitrogens with two attached hydrogens (primary N) is 2. The Morgan fingerprint density at radius 3 is 1.11 bits per heavy atom. The molecule has 6 N–H and O–H groups in total. The van der Waals surface area contributed by atoms with Crippen LogP contribution in [0.25, 0.3) is 0 Å². The third kappa shape index (κ3) is 34.4. The second-order valence-corrected chi connectivity index (χ2v) is 13.5. The highest BCUT2D eigenvalue weighted by molar-refractivity contribution is 4.93. The van der Waals surface area contributed by atoms with Gasteiger partial charge in [-0.25, -0.2) is 0 Å². The number of unbranched alkanes of at least 4 members (excludes halogenated alkanes) is 15. The first-order chi connectivity index (χ1) is 23.1. The topological polar surface area (TPSA) is 99.0 Å². The number of allylic oxidation sites excluding steroid dienone is 8. The highest BCUT2D eigenvalue weighted by Crippen LogP contribution is 2.10. The summed E-state index contributed by atoms with van der Waals surface area (Å²) in [6.45, 7) is 10.0.